The van der Waals surface area contributed by atoms with Crippen LogP contribution in [0.3, 0.4) is 0 Å². The van der Waals surface area contributed by atoms with Crippen LogP contribution in [0.15, 0.2) is 0 Å². The number of nitrogens with one attached hydrogen (secondary N) is 1. The lowest BCUT2D eigenvalue weighted by molar-refractivity contribution is -0.147. The molecule has 0 aromatic heterocycles. The Labute approximate surface area is 120 Å². The number of carbonyl (C=O) groups excluding carboxylic acids is 2. The predicted molar refractivity (Wildman–Crippen MR) is 75.3 cm³/mol. The first kappa shape index (κ1) is 18.7. The van der Waals surface area contributed by atoms with Gasteiger partial charge in [-0.2, -0.15) is 0 Å². The average molecular weight is 289 g/mol. The second-order valence-electron chi connectivity index (χ2n) is 6.09. The van der Waals surface area contributed by atoms with Gasteiger partial charge in [-0.3, -0.25) is 0 Å². The van der Waals surface area contributed by atoms with Crippen molar-refractivity contribution in [2.24, 2.45) is 5.92 Å². The zero-order valence-corrected chi connectivity index (χ0v) is 13.1. The molecule has 0 aromatic carbocycles. The van der Waals surface area contributed by atoms with Crippen LogP contribution in [-0.2, 0) is 14.3 Å². The normalized spacial score (nSPS) is 12.9. The summed E-state index contributed by atoms with van der Waals surface area (Å²) in [6.07, 6.45) is 0.0473. The molecule has 0 unspecified atom stereocenters. The van der Waals surface area contributed by atoms with E-state index in [0.717, 1.165) is 0 Å². The molecule has 0 heterocycles. The van der Waals surface area contributed by atoms with Crippen LogP contribution in [0, 0.1) is 5.92 Å². The van der Waals surface area contributed by atoms with Crippen molar-refractivity contribution in [1.82, 2.24) is 5.32 Å². The van der Waals surface area contributed by atoms with Gasteiger partial charge in [0.05, 0.1) is 6.61 Å². The Morgan fingerprint density at radius 1 is 1.25 bits per heavy atom. The third-order valence-electron chi connectivity index (χ3n) is 2.19. The summed E-state index contributed by atoms with van der Waals surface area (Å²) in [7, 11) is 0. The van der Waals surface area contributed by atoms with Gasteiger partial charge in [-0.1, -0.05) is 13.8 Å². The number of carbonyl (C=O) groups is 2. The number of alkyl carbamates (subject to hydrolysis) is 1. The Balaban J connectivity index is 4.47. The summed E-state index contributed by atoms with van der Waals surface area (Å²) in [4.78, 5) is 23.6. The highest BCUT2D eigenvalue weighted by Gasteiger charge is 2.25. The maximum absolute atomic E-state index is 11.9. The molecule has 0 saturated carbocycles. The predicted octanol–water partition coefficient (Wildman–Crippen LogP) is 1.85. The Morgan fingerprint density at radius 3 is 2.30 bits per heavy atom. The molecule has 0 aromatic rings. The zero-order valence-electron chi connectivity index (χ0n) is 13.1. The first-order valence-electron chi connectivity index (χ1n) is 6.92. The average Bonchev–Trinajstić information content (AvgIpc) is 2.28. The van der Waals surface area contributed by atoms with Gasteiger partial charge in [-0.25, -0.2) is 9.59 Å². The molecule has 118 valence electrons. The molecule has 0 aliphatic rings. The largest absolute Gasteiger partial charge is 0.464 e. The van der Waals surface area contributed by atoms with Crippen LogP contribution in [0.4, 0.5) is 4.79 Å². The summed E-state index contributed by atoms with van der Waals surface area (Å²) in [6, 6.07) is -0.796. The standard InChI is InChI=1S/C14H27NO5/c1-10(2)9-19-12(17)11(7-6-8-16)15-13(18)20-14(3,4)5/h10-11,16H,6-9H2,1-5H3,(H,15,18)/t11-/m0/s1. The summed E-state index contributed by atoms with van der Waals surface area (Å²) in [5, 5.41) is 11.3. The minimum Gasteiger partial charge on any atom is -0.464 e. The fourth-order valence-electron chi connectivity index (χ4n) is 1.34. The summed E-state index contributed by atoms with van der Waals surface area (Å²) >= 11 is 0. The number of amides is 1. The van der Waals surface area contributed by atoms with E-state index in [1.54, 1.807) is 20.8 Å². The fraction of sp³-hybridized carbons (Fsp3) is 0.857. The van der Waals surface area contributed by atoms with Crippen LogP contribution in [0.5, 0.6) is 0 Å². The van der Waals surface area contributed by atoms with E-state index in [-0.39, 0.29) is 12.5 Å². The Bertz CT molecular complexity index is 309. The van der Waals surface area contributed by atoms with Gasteiger partial charge in [0.1, 0.15) is 11.6 Å². The summed E-state index contributed by atoms with van der Waals surface area (Å²) in [6.45, 7) is 9.33. The molecule has 6 heteroatoms. The highest BCUT2D eigenvalue weighted by molar-refractivity contribution is 5.81. The third-order valence-corrected chi connectivity index (χ3v) is 2.19. The molecule has 1 atom stereocenters. The number of ether oxygens (including phenoxy) is 2. The van der Waals surface area contributed by atoms with Crippen molar-refractivity contribution in [2.75, 3.05) is 13.2 Å². The second-order valence-corrected chi connectivity index (χ2v) is 6.09. The molecule has 0 spiro atoms. The fourth-order valence-corrected chi connectivity index (χ4v) is 1.34. The summed E-state index contributed by atoms with van der Waals surface area (Å²) < 4.78 is 10.2. The number of hydrogen-bond acceptors (Lipinski definition) is 5. The molecule has 0 radical (unpaired) electrons. The Hall–Kier alpha value is -1.30. The second kappa shape index (κ2) is 8.79. The molecule has 0 rings (SSSR count). The van der Waals surface area contributed by atoms with Crippen LogP contribution in [-0.4, -0.2) is 42.0 Å². The summed E-state index contributed by atoms with van der Waals surface area (Å²) in [5.74, 6) is -0.281. The van der Waals surface area contributed by atoms with E-state index in [9.17, 15) is 9.59 Å². The molecule has 2 N–H and O–H groups in total. The lowest BCUT2D eigenvalue weighted by Gasteiger charge is -2.23. The number of rotatable bonds is 7. The maximum atomic E-state index is 11.9. The van der Waals surface area contributed by atoms with Crippen LogP contribution in [0.1, 0.15) is 47.5 Å². The van der Waals surface area contributed by atoms with Crippen molar-refractivity contribution in [3.63, 3.8) is 0 Å². The van der Waals surface area contributed by atoms with Gasteiger partial charge in [0.25, 0.3) is 0 Å². The van der Waals surface area contributed by atoms with E-state index >= 15 is 0 Å². The minimum absolute atomic E-state index is 0.0516. The Kier molecular flexibility index (Phi) is 8.22. The SMILES string of the molecule is CC(C)COC(=O)[C@H](CCCO)NC(=O)OC(C)(C)C. The van der Waals surface area contributed by atoms with Gasteiger partial charge in [0, 0.05) is 6.61 Å². The maximum Gasteiger partial charge on any atom is 0.408 e. The molecule has 0 bridgehead atoms. The van der Waals surface area contributed by atoms with Gasteiger partial charge in [0.2, 0.25) is 0 Å². The third kappa shape index (κ3) is 9.61. The van der Waals surface area contributed by atoms with Gasteiger partial charge in [-0.05, 0) is 39.5 Å². The first-order valence-corrected chi connectivity index (χ1v) is 6.92. The van der Waals surface area contributed by atoms with E-state index in [1.165, 1.54) is 0 Å². The van der Waals surface area contributed by atoms with Gasteiger partial charge >= 0.3 is 12.1 Å². The van der Waals surface area contributed by atoms with Gasteiger partial charge in [0.15, 0.2) is 0 Å². The summed E-state index contributed by atoms with van der Waals surface area (Å²) in [5.41, 5.74) is -0.631. The van der Waals surface area contributed by atoms with Crippen LogP contribution in [0.2, 0.25) is 0 Å². The van der Waals surface area contributed by atoms with E-state index in [4.69, 9.17) is 14.6 Å². The topological polar surface area (TPSA) is 84.9 Å². The van der Waals surface area contributed by atoms with Crippen molar-refractivity contribution in [2.45, 2.75) is 59.1 Å². The van der Waals surface area contributed by atoms with Crippen molar-refractivity contribution >= 4 is 12.1 Å². The van der Waals surface area contributed by atoms with E-state index in [2.05, 4.69) is 5.32 Å². The van der Waals surface area contributed by atoms with Crippen LogP contribution >= 0.6 is 0 Å². The zero-order chi connectivity index (χ0) is 15.8. The van der Waals surface area contributed by atoms with Gasteiger partial charge in [-0.15, -0.1) is 0 Å². The van der Waals surface area contributed by atoms with Crippen molar-refractivity contribution in [3.05, 3.63) is 0 Å². The molecule has 0 fully saturated rings. The van der Waals surface area contributed by atoms with E-state index < -0.39 is 23.7 Å². The van der Waals surface area contributed by atoms with Crippen LogP contribution in [0.25, 0.3) is 0 Å². The van der Waals surface area contributed by atoms with E-state index in [1.807, 2.05) is 13.8 Å². The number of aliphatic hydroxyl groups is 1. The smallest absolute Gasteiger partial charge is 0.408 e. The molecule has 1 amide bonds. The van der Waals surface area contributed by atoms with Crippen LogP contribution < -0.4 is 5.32 Å². The van der Waals surface area contributed by atoms with E-state index in [0.29, 0.717) is 19.4 Å². The number of aliphatic hydroxyl groups excluding tert-OH is 1. The number of esters is 1. The number of hydrogen-bond donors (Lipinski definition) is 2. The molecule has 20 heavy (non-hydrogen) atoms. The molecule has 0 aliphatic carbocycles. The van der Waals surface area contributed by atoms with Crippen molar-refractivity contribution in [3.8, 4) is 0 Å². The lowest BCUT2D eigenvalue weighted by atomic mass is 10.1. The molecular weight excluding hydrogens is 262 g/mol. The van der Waals surface area contributed by atoms with Crippen molar-refractivity contribution < 1.29 is 24.2 Å². The van der Waals surface area contributed by atoms with Crippen molar-refractivity contribution in [1.29, 1.82) is 0 Å². The first-order chi connectivity index (χ1) is 9.15. The molecular formula is C14H27NO5. The lowest BCUT2D eigenvalue weighted by Crippen LogP contribution is -2.44. The Morgan fingerprint density at radius 2 is 1.85 bits per heavy atom. The highest BCUT2D eigenvalue weighted by atomic mass is 16.6. The molecule has 6 nitrogen and oxygen atoms in total. The quantitative estimate of drug-likeness (QED) is 0.699. The molecule has 0 aliphatic heterocycles. The minimum atomic E-state index is -0.796. The monoisotopic (exact) mass is 289 g/mol. The van der Waals surface area contributed by atoms with Gasteiger partial charge < -0.3 is 19.9 Å². The highest BCUT2D eigenvalue weighted by Crippen LogP contribution is 2.08. The molecule has 0 saturated heterocycles.